The number of urea groups is 1. The highest BCUT2D eigenvalue weighted by atomic mass is 35.6. The number of carbonyl (C=O) groups is 1. The smallest absolute Gasteiger partial charge is 0.323 e. The quantitative estimate of drug-likeness (QED) is 0.633. The van der Waals surface area contributed by atoms with Crippen molar-refractivity contribution >= 4 is 58.1 Å². The molecule has 0 spiro atoms. The normalized spacial score (nSPS) is 12.9. The van der Waals surface area contributed by atoms with Crippen LogP contribution in [-0.4, -0.2) is 34.6 Å². The molecule has 0 heterocycles. The number of anilines is 1. The number of amides is 2. The standard InChI is InChI=1S/C12H14Cl4N2O2/c1-3-20-10(12(14,15)16)18(2)11(19)17-9-6-4-5-8(13)7-9/h4-7,10H,3H2,1-2H3,(H,17,19). The average Bonchev–Trinajstić information content (AvgIpc) is 2.33. The number of carbonyl (C=O) groups excluding carboxylic acids is 1. The van der Waals surface area contributed by atoms with Gasteiger partial charge in [-0.25, -0.2) is 4.79 Å². The second-order valence-corrected chi connectivity index (χ2v) is 6.71. The number of benzene rings is 1. The van der Waals surface area contributed by atoms with Crippen LogP contribution in [0.3, 0.4) is 0 Å². The number of hydrogen-bond acceptors (Lipinski definition) is 2. The van der Waals surface area contributed by atoms with Crippen molar-refractivity contribution in [1.29, 1.82) is 0 Å². The Morgan fingerprint density at radius 2 is 2.10 bits per heavy atom. The van der Waals surface area contributed by atoms with Crippen molar-refractivity contribution in [2.45, 2.75) is 16.9 Å². The molecular weight excluding hydrogens is 346 g/mol. The highest BCUT2D eigenvalue weighted by Crippen LogP contribution is 2.34. The highest BCUT2D eigenvalue weighted by molar-refractivity contribution is 6.68. The Hall–Kier alpha value is -0.390. The number of nitrogens with zero attached hydrogens (tertiary/aromatic N) is 1. The third-order valence-electron chi connectivity index (χ3n) is 2.35. The van der Waals surface area contributed by atoms with Crippen LogP contribution in [0, 0.1) is 0 Å². The van der Waals surface area contributed by atoms with Gasteiger partial charge in [-0.1, -0.05) is 52.5 Å². The summed E-state index contributed by atoms with van der Waals surface area (Å²) in [5.41, 5.74) is 0.536. The average molecular weight is 360 g/mol. The first-order chi connectivity index (χ1) is 9.25. The molecule has 0 fully saturated rings. The largest absolute Gasteiger partial charge is 0.354 e. The van der Waals surface area contributed by atoms with E-state index in [1.165, 1.54) is 11.9 Å². The minimum absolute atomic E-state index is 0.299. The van der Waals surface area contributed by atoms with E-state index in [0.29, 0.717) is 17.3 Å². The van der Waals surface area contributed by atoms with Gasteiger partial charge in [-0.15, -0.1) is 0 Å². The molecule has 1 N–H and O–H groups in total. The molecule has 8 heteroatoms. The summed E-state index contributed by atoms with van der Waals surface area (Å²) in [4.78, 5) is 13.3. The van der Waals surface area contributed by atoms with Gasteiger partial charge in [-0.05, 0) is 25.1 Å². The van der Waals surface area contributed by atoms with Crippen molar-refractivity contribution in [2.24, 2.45) is 0 Å². The SMILES string of the molecule is CCOC(N(C)C(=O)Nc1cccc(Cl)c1)C(Cl)(Cl)Cl. The van der Waals surface area contributed by atoms with Gasteiger partial charge in [0.25, 0.3) is 0 Å². The Morgan fingerprint density at radius 1 is 1.45 bits per heavy atom. The predicted molar refractivity (Wildman–Crippen MR) is 83.9 cm³/mol. The summed E-state index contributed by atoms with van der Waals surface area (Å²) < 4.78 is 3.54. The van der Waals surface area contributed by atoms with Gasteiger partial charge >= 0.3 is 6.03 Å². The summed E-state index contributed by atoms with van der Waals surface area (Å²) in [5.74, 6) is 0. The fourth-order valence-corrected chi connectivity index (χ4v) is 2.29. The molecule has 112 valence electrons. The minimum atomic E-state index is -1.75. The molecular formula is C12H14Cl4N2O2. The van der Waals surface area contributed by atoms with E-state index in [4.69, 9.17) is 51.1 Å². The van der Waals surface area contributed by atoms with Crippen molar-refractivity contribution in [2.75, 3.05) is 19.0 Å². The fraction of sp³-hybridized carbons (Fsp3) is 0.417. The zero-order chi connectivity index (χ0) is 15.3. The molecule has 0 aliphatic carbocycles. The Kier molecular flexibility index (Phi) is 6.69. The summed E-state index contributed by atoms with van der Waals surface area (Å²) in [7, 11) is 1.47. The lowest BCUT2D eigenvalue weighted by Gasteiger charge is -2.32. The summed E-state index contributed by atoms with van der Waals surface area (Å²) in [6.45, 7) is 2.04. The van der Waals surface area contributed by atoms with E-state index < -0.39 is 16.1 Å². The molecule has 1 unspecified atom stereocenters. The molecule has 0 aromatic heterocycles. The molecule has 0 aliphatic rings. The number of ether oxygens (including phenoxy) is 1. The lowest BCUT2D eigenvalue weighted by Crippen LogP contribution is -2.48. The molecule has 20 heavy (non-hydrogen) atoms. The number of hydrogen-bond donors (Lipinski definition) is 1. The maximum Gasteiger partial charge on any atom is 0.323 e. The Bertz CT molecular complexity index is 465. The minimum Gasteiger partial charge on any atom is -0.354 e. The van der Waals surface area contributed by atoms with Gasteiger partial charge < -0.3 is 10.1 Å². The maximum atomic E-state index is 12.1. The van der Waals surface area contributed by atoms with Crippen molar-refractivity contribution in [1.82, 2.24) is 4.90 Å². The molecule has 1 aromatic rings. The lowest BCUT2D eigenvalue weighted by atomic mass is 10.3. The van der Waals surface area contributed by atoms with Crippen LogP contribution in [0.5, 0.6) is 0 Å². The molecule has 1 rings (SSSR count). The first kappa shape index (κ1) is 17.7. The van der Waals surface area contributed by atoms with Crippen LogP contribution >= 0.6 is 46.4 Å². The van der Waals surface area contributed by atoms with Crippen molar-refractivity contribution in [3.63, 3.8) is 0 Å². The van der Waals surface area contributed by atoms with Crippen LogP contribution in [0.4, 0.5) is 10.5 Å². The van der Waals surface area contributed by atoms with Crippen LogP contribution in [-0.2, 0) is 4.74 Å². The number of rotatable bonds is 4. The van der Waals surface area contributed by atoms with Gasteiger partial charge in [0.1, 0.15) is 0 Å². The van der Waals surface area contributed by atoms with E-state index in [1.54, 1.807) is 31.2 Å². The van der Waals surface area contributed by atoms with Gasteiger partial charge in [0.15, 0.2) is 6.23 Å². The van der Waals surface area contributed by atoms with E-state index in [0.717, 1.165) is 0 Å². The first-order valence-electron chi connectivity index (χ1n) is 5.73. The topological polar surface area (TPSA) is 41.6 Å². The molecule has 2 amide bonds. The Labute approximate surface area is 137 Å². The third-order valence-corrected chi connectivity index (χ3v) is 3.15. The molecule has 1 atom stereocenters. The molecule has 0 saturated carbocycles. The Balaban J connectivity index is 2.79. The van der Waals surface area contributed by atoms with Crippen LogP contribution < -0.4 is 5.32 Å². The van der Waals surface area contributed by atoms with Crippen LogP contribution in [0.2, 0.25) is 5.02 Å². The van der Waals surface area contributed by atoms with Crippen molar-refractivity contribution in [3.05, 3.63) is 29.3 Å². The molecule has 0 saturated heterocycles. The molecule has 4 nitrogen and oxygen atoms in total. The van der Waals surface area contributed by atoms with Crippen LogP contribution in [0.15, 0.2) is 24.3 Å². The third kappa shape index (κ3) is 5.19. The number of halogens is 4. The zero-order valence-corrected chi connectivity index (χ0v) is 13.9. The summed E-state index contributed by atoms with van der Waals surface area (Å²) in [6.07, 6.45) is -1.00. The first-order valence-corrected chi connectivity index (χ1v) is 7.24. The maximum absolute atomic E-state index is 12.1. The predicted octanol–water partition coefficient (Wildman–Crippen LogP) is 4.54. The van der Waals surface area contributed by atoms with E-state index in [-0.39, 0.29) is 0 Å². The van der Waals surface area contributed by atoms with E-state index in [1.807, 2.05) is 0 Å². The van der Waals surface area contributed by atoms with Crippen molar-refractivity contribution < 1.29 is 9.53 Å². The molecule has 1 aromatic carbocycles. The highest BCUT2D eigenvalue weighted by Gasteiger charge is 2.38. The van der Waals surface area contributed by atoms with Gasteiger partial charge in [0, 0.05) is 24.4 Å². The van der Waals surface area contributed by atoms with E-state index >= 15 is 0 Å². The summed E-state index contributed by atoms with van der Waals surface area (Å²) >= 11 is 23.3. The van der Waals surface area contributed by atoms with E-state index in [2.05, 4.69) is 5.32 Å². The lowest BCUT2D eigenvalue weighted by molar-refractivity contribution is -0.0158. The van der Waals surface area contributed by atoms with Crippen LogP contribution in [0.1, 0.15) is 6.92 Å². The molecule has 0 aliphatic heterocycles. The Morgan fingerprint density at radius 3 is 2.60 bits per heavy atom. The fourth-order valence-electron chi connectivity index (χ4n) is 1.47. The summed E-state index contributed by atoms with van der Waals surface area (Å²) in [6, 6.07) is 6.25. The second-order valence-electron chi connectivity index (χ2n) is 3.90. The van der Waals surface area contributed by atoms with Gasteiger partial charge in [-0.2, -0.15) is 0 Å². The second kappa shape index (κ2) is 7.57. The zero-order valence-electron chi connectivity index (χ0n) is 10.9. The number of alkyl halides is 3. The number of nitrogens with one attached hydrogen (secondary N) is 1. The van der Waals surface area contributed by atoms with Crippen molar-refractivity contribution in [3.8, 4) is 0 Å². The van der Waals surface area contributed by atoms with E-state index in [9.17, 15) is 4.79 Å². The molecule has 0 radical (unpaired) electrons. The van der Waals surface area contributed by atoms with Gasteiger partial charge in [-0.3, -0.25) is 4.90 Å². The van der Waals surface area contributed by atoms with Gasteiger partial charge in [0.2, 0.25) is 3.79 Å². The monoisotopic (exact) mass is 358 g/mol. The molecule has 0 bridgehead atoms. The van der Waals surface area contributed by atoms with Gasteiger partial charge in [0.05, 0.1) is 0 Å². The summed E-state index contributed by atoms with van der Waals surface area (Å²) in [5, 5.41) is 3.15. The van der Waals surface area contributed by atoms with Crippen LogP contribution in [0.25, 0.3) is 0 Å².